The molecule has 1 atom stereocenters. The summed E-state index contributed by atoms with van der Waals surface area (Å²) in [4.78, 5) is 12.1. The summed E-state index contributed by atoms with van der Waals surface area (Å²) in [6.07, 6.45) is 5.95. The van der Waals surface area contributed by atoms with E-state index in [2.05, 4.69) is 41.8 Å². The predicted molar refractivity (Wildman–Crippen MR) is 89.9 cm³/mol. The summed E-state index contributed by atoms with van der Waals surface area (Å²) >= 11 is 8.09. The SMILES string of the molecule is CCCCCCC(C)NC(=O)c1cc(Cl)ccc1I. The summed E-state index contributed by atoms with van der Waals surface area (Å²) in [6.45, 7) is 4.26. The molecule has 1 amide bonds. The van der Waals surface area contributed by atoms with Crippen molar-refractivity contribution in [2.24, 2.45) is 0 Å². The van der Waals surface area contributed by atoms with Crippen molar-refractivity contribution >= 4 is 40.1 Å². The van der Waals surface area contributed by atoms with Gasteiger partial charge in [0.05, 0.1) is 5.56 Å². The number of carbonyl (C=O) groups excluding carboxylic acids is 1. The Labute approximate surface area is 134 Å². The topological polar surface area (TPSA) is 29.1 Å². The molecule has 1 aromatic rings. The van der Waals surface area contributed by atoms with Crippen LogP contribution in [0.15, 0.2) is 18.2 Å². The van der Waals surface area contributed by atoms with Gasteiger partial charge in [-0.25, -0.2) is 0 Å². The second-order valence-corrected chi connectivity index (χ2v) is 6.45. The van der Waals surface area contributed by atoms with Gasteiger partial charge in [0.25, 0.3) is 5.91 Å². The van der Waals surface area contributed by atoms with Gasteiger partial charge in [-0.2, -0.15) is 0 Å². The molecule has 1 N–H and O–H groups in total. The number of unbranched alkanes of at least 4 members (excludes halogenated alkanes) is 3. The molecule has 0 saturated heterocycles. The summed E-state index contributed by atoms with van der Waals surface area (Å²) in [5.74, 6) is -0.0325. The average molecular weight is 394 g/mol. The first kappa shape index (κ1) is 16.8. The first-order valence-electron chi connectivity index (χ1n) is 6.80. The molecule has 1 unspecified atom stereocenters. The first-order valence-corrected chi connectivity index (χ1v) is 8.26. The van der Waals surface area contributed by atoms with E-state index in [1.165, 1.54) is 25.7 Å². The minimum absolute atomic E-state index is 0.0325. The number of hydrogen-bond acceptors (Lipinski definition) is 1. The molecule has 106 valence electrons. The highest BCUT2D eigenvalue weighted by atomic mass is 127. The Morgan fingerprint density at radius 2 is 2.11 bits per heavy atom. The average Bonchev–Trinajstić information content (AvgIpc) is 2.37. The molecule has 1 rings (SSSR count). The van der Waals surface area contributed by atoms with Gasteiger partial charge >= 0.3 is 0 Å². The lowest BCUT2D eigenvalue weighted by Gasteiger charge is -2.14. The van der Waals surface area contributed by atoms with Crippen molar-refractivity contribution in [3.05, 3.63) is 32.4 Å². The van der Waals surface area contributed by atoms with Crippen molar-refractivity contribution in [1.29, 1.82) is 0 Å². The van der Waals surface area contributed by atoms with Gasteiger partial charge < -0.3 is 5.32 Å². The van der Waals surface area contributed by atoms with E-state index < -0.39 is 0 Å². The lowest BCUT2D eigenvalue weighted by atomic mass is 10.1. The van der Waals surface area contributed by atoms with Crippen molar-refractivity contribution < 1.29 is 4.79 Å². The molecule has 1 aromatic carbocycles. The number of hydrogen-bond donors (Lipinski definition) is 1. The van der Waals surface area contributed by atoms with Gasteiger partial charge in [0.2, 0.25) is 0 Å². The molecule has 2 nitrogen and oxygen atoms in total. The highest BCUT2D eigenvalue weighted by Crippen LogP contribution is 2.18. The minimum atomic E-state index is -0.0325. The van der Waals surface area contributed by atoms with Crippen LogP contribution in [0.2, 0.25) is 5.02 Å². The fraction of sp³-hybridized carbons (Fsp3) is 0.533. The zero-order chi connectivity index (χ0) is 14.3. The number of nitrogens with one attached hydrogen (secondary N) is 1. The number of halogens is 2. The molecule has 0 aromatic heterocycles. The molecule has 0 spiro atoms. The third-order valence-corrected chi connectivity index (χ3v) is 4.22. The van der Waals surface area contributed by atoms with E-state index >= 15 is 0 Å². The van der Waals surface area contributed by atoms with Crippen molar-refractivity contribution in [3.63, 3.8) is 0 Å². The molecule has 0 aliphatic rings. The van der Waals surface area contributed by atoms with Crippen LogP contribution < -0.4 is 5.32 Å². The van der Waals surface area contributed by atoms with E-state index in [4.69, 9.17) is 11.6 Å². The van der Waals surface area contributed by atoms with E-state index in [1.54, 1.807) is 12.1 Å². The predicted octanol–water partition coefficient (Wildman–Crippen LogP) is 5.03. The maximum absolute atomic E-state index is 12.1. The Morgan fingerprint density at radius 3 is 2.79 bits per heavy atom. The van der Waals surface area contributed by atoms with Crippen LogP contribution in [0.1, 0.15) is 56.3 Å². The molecule has 0 aliphatic carbocycles. The largest absolute Gasteiger partial charge is 0.350 e. The van der Waals surface area contributed by atoms with Crippen LogP contribution in [0.4, 0.5) is 0 Å². The third-order valence-electron chi connectivity index (χ3n) is 3.04. The van der Waals surface area contributed by atoms with Gasteiger partial charge in [0.1, 0.15) is 0 Å². The van der Waals surface area contributed by atoms with E-state index in [-0.39, 0.29) is 11.9 Å². The van der Waals surface area contributed by atoms with E-state index in [0.717, 1.165) is 9.99 Å². The molecule has 0 radical (unpaired) electrons. The van der Waals surface area contributed by atoms with Crippen LogP contribution >= 0.6 is 34.2 Å². The van der Waals surface area contributed by atoms with Crippen molar-refractivity contribution in [1.82, 2.24) is 5.32 Å². The van der Waals surface area contributed by atoms with E-state index in [0.29, 0.717) is 10.6 Å². The van der Waals surface area contributed by atoms with Crippen LogP contribution in [0.5, 0.6) is 0 Å². The van der Waals surface area contributed by atoms with Crippen LogP contribution in [0.3, 0.4) is 0 Å². The normalized spacial score (nSPS) is 12.2. The van der Waals surface area contributed by atoms with Gasteiger partial charge in [0, 0.05) is 14.6 Å². The standard InChI is InChI=1S/C15H21ClINO/c1-3-4-5-6-7-11(2)18-15(19)13-10-12(16)8-9-14(13)17/h8-11H,3-7H2,1-2H3,(H,18,19). The second kappa shape index (κ2) is 8.80. The smallest absolute Gasteiger partial charge is 0.252 e. The van der Waals surface area contributed by atoms with Crippen LogP contribution in [-0.2, 0) is 0 Å². The summed E-state index contributed by atoms with van der Waals surface area (Å²) in [7, 11) is 0. The Kier molecular flexibility index (Phi) is 7.76. The zero-order valence-corrected chi connectivity index (χ0v) is 14.4. The molecular weight excluding hydrogens is 373 g/mol. The van der Waals surface area contributed by atoms with Gasteiger partial charge in [-0.05, 0) is 54.1 Å². The van der Waals surface area contributed by atoms with Gasteiger partial charge in [-0.3, -0.25) is 4.79 Å². The maximum Gasteiger partial charge on any atom is 0.252 e. The molecule has 0 saturated carbocycles. The molecule has 0 aliphatic heterocycles. The lowest BCUT2D eigenvalue weighted by molar-refractivity contribution is 0.0937. The van der Waals surface area contributed by atoms with Crippen molar-refractivity contribution in [3.8, 4) is 0 Å². The summed E-state index contributed by atoms with van der Waals surface area (Å²) < 4.78 is 0.928. The van der Waals surface area contributed by atoms with E-state index in [1.807, 2.05) is 6.07 Å². The zero-order valence-electron chi connectivity index (χ0n) is 11.5. The molecule has 4 heteroatoms. The fourth-order valence-corrected chi connectivity index (χ4v) is 2.68. The summed E-state index contributed by atoms with van der Waals surface area (Å²) in [6, 6.07) is 5.60. The fourth-order valence-electron chi connectivity index (χ4n) is 1.92. The second-order valence-electron chi connectivity index (χ2n) is 4.85. The Hall–Kier alpha value is -0.290. The van der Waals surface area contributed by atoms with Crippen LogP contribution in [0.25, 0.3) is 0 Å². The van der Waals surface area contributed by atoms with Crippen molar-refractivity contribution in [2.45, 2.75) is 52.0 Å². The van der Waals surface area contributed by atoms with Gasteiger partial charge in [-0.15, -0.1) is 0 Å². The molecule has 0 heterocycles. The third kappa shape index (κ3) is 6.13. The number of carbonyl (C=O) groups is 1. The minimum Gasteiger partial charge on any atom is -0.350 e. The lowest BCUT2D eigenvalue weighted by Crippen LogP contribution is -2.33. The Morgan fingerprint density at radius 1 is 1.37 bits per heavy atom. The molecule has 0 fully saturated rings. The summed E-state index contributed by atoms with van der Waals surface area (Å²) in [5, 5.41) is 3.64. The number of amides is 1. The highest BCUT2D eigenvalue weighted by molar-refractivity contribution is 14.1. The van der Waals surface area contributed by atoms with Crippen LogP contribution in [0, 0.1) is 3.57 Å². The molecule has 19 heavy (non-hydrogen) atoms. The van der Waals surface area contributed by atoms with E-state index in [9.17, 15) is 4.79 Å². The van der Waals surface area contributed by atoms with Crippen molar-refractivity contribution in [2.75, 3.05) is 0 Å². The number of rotatable bonds is 7. The first-order chi connectivity index (χ1) is 9.04. The maximum atomic E-state index is 12.1. The summed E-state index contributed by atoms with van der Waals surface area (Å²) in [5.41, 5.74) is 0.661. The molecular formula is C15H21ClINO. The van der Waals surface area contributed by atoms with Gasteiger partial charge in [0.15, 0.2) is 0 Å². The van der Waals surface area contributed by atoms with Gasteiger partial charge in [-0.1, -0.05) is 44.2 Å². The highest BCUT2D eigenvalue weighted by Gasteiger charge is 2.13. The number of benzene rings is 1. The van der Waals surface area contributed by atoms with Crippen LogP contribution in [-0.4, -0.2) is 11.9 Å². The quantitative estimate of drug-likeness (QED) is 0.511. The Bertz CT molecular complexity index is 423. The Balaban J connectivity index is 2.47. The molecule has 0 bridgehead atoms. The monoisotopic (exact) mass is 393 g/mol.